The molecule has 110 valence electrons. The third-order valence-electron chi connectivity index (χ3n) is 2.77. The summed E-state index contributed by atoms with van der Waals surface area (Å²) in [4.78, 5) is 23.7. The van der Waals surface area contributed by atoms with Crippen molar-refractivity contribution < 1.29 is 9.59 Å². The van der Waals surface area contributed by atoms with Crippen LogP contribution >= 0.6 is 11.6 Å². The van der Waals surface area contributed by atoms with E-state index in [1.165, 1.54) is 30.1 Å². The number of aromatic nitrogens is 2. The highest BCUT2D eigenvalue weighted by molar-refractivity contribution is 6.34. The summed E-state index contributed by atoms with van der Waals surface area (Å²) in [5.74, 6) is -0.799. The van der Waals surface area contributed by atoms with Crippen LogP contribution in [0.2, 0.25) is 5.02 Å². The molecule has 0 unspecified atom stereocenters. The van der Waals surface area contributed by atoms with Crippen LogP contribution in [0.25, 0.3) is 0 Å². The van der Waals surface area contributed by atoms with Gasteiger partial charge in [0.2, 0.25) is 0 Å². The Labute approximate surface area is 126 Å². The van der Waals surface area contributed by atoms with Crippen LogP contribution in [0.15, 0.2) is 24.4 Å². The van der Waals surface area contributed by atoms with Gasteiger partial charge in [-0.25, -0.2) is 0 Å². The molecule has 1 aromatic carbocycles. The SMILES string of the molecule is CNC(=O)c1cc(NC(=O)c2nn(C)cc2N)ccc1Cl. The molecule has 0 aliphatic heterocycles. The molecule has 21 heavy (non-hydrogen) atoms. The van der Waals surface area contributed by atoms with Gasteiger partial charge in [0.1, 0.15) is 0 Å². The Morgan fingerprint density at radius 2 is 2.05 bits per heavy atom. The second-order valence-corrected chi connectivity index (χ2v) is 4.74. The summed E-state index contributed by atoms with van der Waals surface area (Å²) in [6, 6.07) is 4.60. The van der Waals surface area contributed by atoms with Crippen LogP contribution in [0.3, 0.4) is 0 Å². The number of halogens is 1. The number of anilines is 2. The number of nitrogens with zero attached hydrogens (tertiary/aromatic N) is 2. The maximum absolute atomic E-state index is 12.1. The number of nitrogens with one attached hydrogen (secondary N) is 2. The Bertz CT molecular complexity index is 711. The van der Waals surface area contributed by atoms with E-state index in [2.05, 4.69) is 15.7 Å². The van der Waals surface area contributed by atoms with Crippen LogP contribution in [-0.2, 0) is 7.05 Å². The average molecular weight is 308 g/mol. The van der Waals surface area contributed by atoms with Gasteiger partial charge >= 0.3 is 0 Å². The van der Waals surface area contributed by atoms with E-state index in [-0.39, 0.29) is 22.9 Å². The van der Waals surface area contributed by atoms with Crippen molar-refractivity contribution in [2.24, 2.45) is 7.05 Å². The molecule has 2 amide bonds. The van der Waals surface area contributed by atoms with E-state index in [4.69, 9.17) is 17.3 Å². The first-order valence-corrected chi connectivity index (χ1v) is 6.42. The molecule has 2 rings (SSSR count). The molecule has 0 saturated carbocycles. The van der Waals surface area contributed by atoms with Gasteiger partial charge in [0, 0.05) is 26.0 Å². The predicted molar refractivity (Wildman–Crippen MR) is 80.4 cm³/mol. The van der Waals surface area contributed by atoms with E-state index >= 15 is 0 Å². The number of hydrogen-bond acceptors (Lipinski definition) is 4. The molecule has 0 atom stereocenters. The lowest BCUT2D eigenvalue weighted by Crippen LogP contribution is -2.19. The summed E-state index contributed by atoms with van der Waals surface area (Å²) in [7, 11) is 3.16. The number of benzene rings is 1. The van der Waals surface area contributed by atoms with E-state index in [1.54, 1.807) is 13.1 Å². The zero-order chi connectivity index (χ0) is 15.6. The Hall–Kier alpha value is -2.54. The molecule has 1 heterocycles. The van der Waals surface area contributed by atoms with Crippen LogP contribution in [-0.4, -0.2) is 28.6 Å². The minimum Gasteiger partial charge on any atom is -0.396 e. The van der Waals surface area contributed by atoms with Gasteiger partial charge in [-0.05, 0) is 18.2 Å². The number of aryl methyl sites for hydroxylation is 1. The van der Waals surface area contributed by atoms with Crippen LogP contribution in [0.1, 0.15) is 20.8 Å². The maximum Gasteiger partial charge on any atom is 0.278 e. The molecule has 0 aliphatic rings. The smallest absolute Gasteiger partial charge is 0.278 e. The van der Waals surface area contributed by atoms with Gasteiger partial charge in [-0.2, -0.15) is 5.10 Å². The second-order valence-electron chi connectivity index (χ2n) is 4.33. The Morgan fingerprint density at radius 1 is 1.33 bits per heavy atom. The van der Waals surface area contributed by atoms with Gasteiger partial charge in [-0.15, -0.1) is 0 Å². The van der Waals surface area contributed by atoms with E-state index < -0.39 is 5.91 Å². The Kier molecular flexibility index (Phi) is 4.13. The van der Waals surface area contributed by atoms with Crippen molar-refractivity contribution in [3.63, 3.8) is 0 Å². The number of carbonyl (C=O) groups is 2. The van der Waals surface area contributed by atoms with E-state index in [9.17, 15) is 9.59 Å². The lowest BCUT2D eigenvalue weighted by atomic mass is 10.2. The van der Waals surface area contributed by atoms with E-state index in [0.29, 0.717) is 10.7 Å². The fourth-order valence-electron chi connectivity index (χ4n) is 1.79. The number of carbonyl (C=O) groups excluding carboxylic acids is 2. The molecule has 8 heteroatoms. The van der Waals surface area contributed by atoms with Crippen LogP contribution in [0.5, 0.6) is 0 Å². The molecule has 0 saturated heterocycles. The number of rotatable bonds is 3. The van der Waals surface area contributed by atoms with Crippen LogP contribution in [0.4, 0.5) is 11.4 Å². The predicted octanol–water partition coefficient (Wildman–Crippen LogP) is 1.27. The van der Waals surface area contributed by atoms with Gasteiger partial charge in [0.25, 0.3) is 11.8 Å². The average Bonchev–Trinajstić information content (AvgIpc) is 2.79. The summed E-state index contributed by atoms with van der Waals surface area (Å²) in [5.41, 5.74) is 6.78. The standard InChI is InChI=1S/C13H14ClN5O2/c1-16-12(20)8-5-7(3-4-9(8)14)17-13(21)11-10(15)6-19(2)18-11/h3-6H,15H2,1-2H3,(H,16,20)(H,17,21). The highest BCUT2D eigenvalue weighted by Gasteiger charge is 2.16. The van der Waals surface area contributed by atoms with Crippen molar-refractivity contribution in [2.75, 3.05) is 18.1 Å². The zero-order valence-corrected chi connectivity index (χ0v) is 12.2. The van der Waals surface area contributed by atoms with Crippen molar-refractivity contribution in [1.29, 1.82) is 0 Å². The summed E-state index contributed by atoms with van der Waals surface area (Å²) < 4.78 is 1.45. The number of nitrogen functional groups attached to an aromatic ring is 1. The Balaban J connectivity index is 2.26. The summed E-state index contributed by atoms with van der Waals surface area (Å²) in [5, 5.41) is 9.37. The number of nitrogens with two attached hydrogens (primary N) is 1. The third-order valence-corrected chi connectivity index (χ3v) is 3.10. The van der Waals surface area contributed by atoms with Crippen molar-refractivity contribution >= 4 is 34.8 Å². The summed E-state index contributed by atoms with van der Waals surface area (Å²) in [6.07, 6.45) is 1.53. The molecule has 0 fully saturated rings. The monoisotopic (exact) mass is 307 g/mol. The first-order chi connectivity index (χ1) is 9.92. The minimum absolute atomic E-state index is 0.119. The molecule has 1 aromatic heterocycles. The quantitative estimate of drug-likeness (QED) is 0.794. The Morgan fingerprint density at radius 3 is 2.62 bits per heavy atom. The van der Waals surface area contributed by atoms with Crippen molar-refractivity contribution in [3.8, 4) is 0 Å². The summed E-state index contributed by atoms with van der Waals surface area (Å²) >= 11 is 5.94. The lowest BCUT2D eigenvalue weighted by Gasteiger charge is -2.08. The second kappa shape index (κ2) is 5.84. The van der Waals surface area contributed by atoms with Crippen molar-refractivity contribution in [3.05, 3.63) is 40.7 Å². The van der Waals surface area contributed by atoms with Crippen molar-refractivity contribution in [2.45, 2.75) is 0 Å². The van der Waals surface area contributed by atoms with Gasteiger partial charge in [0.15, 0.2) is 5.69 Å². The van der Waals surface area contributed by atoms with Crippen LogP contribution in [0, 0.1) is 0 Å². The fraction of sp³-hybridized carbons (Fsp3) is 0.154. The van der Waals surface area contributed by atoms with Crippen LogP contribution < -0.4 is 16.4 Å². The van der Waals surface area contributed by atoms with Crippen molar-refractivity contribution in [1.82, 2.24) is 15.1 Å². The lowest BCUT2D eigenvalue weighted by molar-refractivity contribution is 0.0961. The largest absolute Gasteiger partial charge is 0.396 e. The molecule has 0 radical (unpaired) electrons. The highest BCUT2D eigenvalue weighted by atomic mass is 35.5. The molecule has 4 N–H and O–H groups in total. The molecule has 2 aromatic rings. The fourth-order valence-corrected chi connectivity index (χ4v) is 1.99. The topological polar surface area (TPSA) is 102 Å². The van der Waals surface area contributed by atoms with E-state index in [0.717, 1.165) is 0 Å². The highest BCUT2D eigenvalue weighted by Crippen LogP contribution is 2.21. The van der Waals surface area contributed by atoms with E-state index in [1.807, 2.05) is 0 Å². The zero-order valence-electron chi connectivity index (χ0n) is 11.5. The number of amides is 2. The summed E-state index contributed by atoms with van der Waals surface area (Å²) in [6.45, 7) is 0. The van der Waals surface area contributed by atoms with Gasteiger partial charge in [0.05, 0.1) is 16.3 Å². The minimum atomic E-state index is -0.460. The first-order valence-electron chi connectivity index (χ1n) is 6.04. The maximum atomic E-state index is 12.1. The molecular formula is C13H14ClN5O2. The first kappa shape index (κ1) is 14.9. The molecular weight excluding hydrogens is 294 g/mol. The van der Waals surface area contributed by atoms with Gasteiger partial charge in [-0.1, -0.05) is 11.6 Å². The molecule has 7 nitrogen and oxygen atoms in total. The molecule has 0 aliphatic carbocycles. The third kappa shape index (κ3) is 3.14. The molecule has 0 spiro atoms. The number of hydrogen-bond donors (Lipinski definition) is 3. The van der Waals surface area contributed by atoms with Gasteiger partial charge in [-0.3, -0.25) is 14.3 Å². The molecule has 0 bridgehead atoms. The normalized spacial score (nSPS) is 10.2. The van der Waals surface area contributed by atoms with Gasteiger partial charge < -0.3 is 16.4 Å².